The first-order chi connectivity index (χ1) is 34.1. The first-order valence-corrected chi connectivity index (χ1v) is 25.2. The van der Waals surface area contributed by atoms with E-state index in [0.717, 1.165) is 24.5 Å². The number of hydrogen-bond acceptors (Lipinski definition) is 14. The van der Waals surface area contributed by atoms with Crippen LogP contribution in [0.2, 0.25) is 5.02 Å². The van der Waals surface area contributed by atoms with Crippen LogP contribution in [0.3, 0.4) is 0 Å². The monoisotopic (exact) mass is 1030 g/mol. The van der Waals surface area contributed by atoms with Gasteiger partial charge in [-0.2, -0.15) is 10.1 Å². The summed E-state index contributed by atoms with van der Waals surface area (Å²) >= 11 is 6.62. The van der Waals surface area contributed by atoms with Gasteiger partial charge >= 0.3 is 0 Å². The molecule has 2 saturated heterocycles. The third-order valence-corrected chi connectivity index (χ3v) is 17.4. The molecule has 0 amide bonds. The molecule has 5 aliphatic rings. The molecule has 2 aromatic heterocycles. The molecule has 1 saturated carbocycles. The molecule has 394 valence electrons. The molecule has 2 aromatic carbocycles. The highest BCUT2D eigenvalue weighted by Crippen LogP contribution is 2.59. The molecular weight excluding hydrogens is 968 g/mol. The second kappa shape index (κ2) is 18.2. The number of piperidine rings is 2. The van der Waals surface area contributed by atoms with Crippen molar-refractivity contribution in [1.82, 2.24) is 35.3 Å². The Morgan fingerprint density at radius 3 is 2.36 bits per heavy atom. The molecule has 73 heavy (non-hydrogen) atoms. The smallest absolute Gasteiger partial charge is 0.284 e. The Balaban J connectivity index is 0.960. The van der Waals surface area contributed by atoms with Crippen molar-refractivity contribution in [3.05, 3.63) is 107 Å². The number of likely N-dealkylation sites (N-methyl/N-ethyl adjacent to an activating group) is 1. The number of nitrogens with one attached hydrogen (secondary N) is 3. The zero-order valence-corrected chi connectivity index (χ0v) is 43.2. The number of nitrogens with zero attached hydrogens (tertiary/aromatic N) is 7. The number of hydrogen-bond donors (Lipinski definition) is 8. The summed E-state index contributed by atoms with van der Waals surface area (Å²) in [5.74, 6) is -9.00. The van der Waals surface area contributed by atoms with E-state index in [9.17, 15) is 25.5 Å². The topological polar surface area (TPSA) is 191 Å². The van der Waals surface area contributed by atoms with Crippen molar-refractivity contribution >= 4 is 51.3 Å². The number of aromatic nitrogens is 4. The van der Waals surface area contributed by atoms with Gasteiger partial charge in [-0.25, -0.2) is 22.5 Å². The van der Waals surface area contributed by atoms with Crippen LogP contribution in [0.1, 0.15) is 108 Å². The predicted octanol–water partition coefficient (Wildman–Crippen LogP) is 7.85. The van der Waals surface area contributed by atoms with E-state index in [-0.39, 0.29) is 59.5 Å². The molecule has 3 fully saturated rings. The number of benzene rings is 2. The van der Waals surface area contributed by atoms with Crippen molar-refractivity contribution in [3.63, 3.8) is 0 Å². The zero-order valence-electron chi connectivity index (χ0n) is 42.4. The molecule has 0 bridgehead atoms. The first kappa shape index (κ1) is 52.6. The number of fused-ring (bicyclic) bond motifs is 3. The lowest BCUT2D eigenvalue weighted by molar-refractivity contribution is -0.398. The molecule has 1 aliphatic carbocycles. The van der Waals surface area contributed by atoms with Crippen LogP contribution in [0, 0.1) is 23.0 Å². The fraction of sp³-hybridized carbons (Fsp3) is 0.528. The molecule has 0 radical (unpaired) electrons. The number of halogens is 5. The molecule has 5 unspecified atom stereocenters. The summed E-state index contributed by atoms with van der Waals surface area (Å²) in [5, 5.41) is 76.5. The Morgan fingerprint density at radius 1 is 1.03 bits per heavy atom. The van der Waals surface area contributed by atoms with E-state index < -0.39 is 52.0 Å². The van der Waals surface area contributed by atoms with Crippen LogP contribution < -0.4 is 25.8 Å². The molecule has 5 atom stereocenters. The average molecular weight is 1040 g/mol. The molecule has 6 heterocycles. The highest BCUT2D eigenvalue weighted by atomic mass is 35.5. The van der Waals surface area contributed by atoms with Crippen LogP contribution in [-0.2, 0) is 7.05 Å². The maximum atomic E-state index is 16.6. The van der Waals surface area contributed by atoms with Crippen molar-refractivity contribution in [2.24, 2.45) is 18.4 Å². The first-order valence-electron chi connectivity index (χ1n) is 24.8. The van der Waals surface area contributed by atoms with E-state index >= 15 is 17.6 Å². The van der Waals surface area contributed by atoms with Crippen molar-refractivity contribution in [2.45, 2.75) is 126 Å². The van der Waals surface area contributed by atoms with Crippen LogP contribution in [0.5, 0.6) is 0 Å². The average Bonchev–Trinajstić information content (AvgIpc) is 4.13. The molecule has 8 N–H and O–H groups in total. The summed E-state index contributed by atoms with van der Waals surface area (Å²) in [6, 6.07) is 5.27. The van der Waals surface area contributed by atoms with Gasteiger partial charge in [-0.05, 0) is 101 Å². The van der Waals surface area contributed by atoms with Gasteiger partial charge in [0.15, 0.2) is 17.2 Å². The lowest BCUT2D eigenvalue weighted by Crippen LogP contribution is -2.90. The van der Waals surface area contributed by atoms with Crippen LogP contribution in [0.4, 0.5) is 40.7 Å². The lowest BCUT2D eigenvalue weighted by atomic mass is 9.55. The second-order valence-corrected chi connectivity index (χ2v) is 22.0. The fourth-order valence-electron chi connectivity index (χ4n) is 11.8. The maximum absolute atomic E-state index is 16.6. The number of rotatable bonds is 13. The number of aryl methyl sites for hydroxylation is 1. The summed E-state index contributed by atoms with van der Waals surface area (Å²) in [6.45, 7) is 17.7. The van der Waals surface area contributed by atoms with E-state index in [0.29, 0.717) is 101 Å². The Hall–Kier alpha value is -5.28. The van der Waals surface area contributed by atoms with Crippen LogP contribution >= 0.6 is 11.6 Å². The van der Waals surface area contributed by atoms with Crippen LogP contribution in [-0.4, -0.2) is 119 Å². The number of β-amino-alcohol motifs (C(OH)–C–C–N with tert-alkyl or cyclic N) is 1. The van der Waals surface area contributed by atoms with E-state index in [1.807, 2.05) is 24.1 Å². The number of aliphatic hydroxyl groups is 5. The van der Waals surface area contributed by atoms with E-state index in [1.165, 1.54) is 32.9 Å². The van der Waals surface area contributed by atoms with Crippen LogP contribution in [0.25, 0.3) is 16.6 Å². The molecule has 4 aromatic rings. The van der Waals surface area contributed by atoms with Gasteiger partial charge in [0, 0.05) is 79.5 Å². The Labute approximate surface area is 427 Å². The molecule has 9 rings (SSSR count). The highest BCUT2D eigenvalue weighted by molar-refractivity contribution is 6.33. The van der Waals surface area contributed by atoms with Crippen molar-refractivity contribution in [2.75, 3.05) is 48.8 Å². The van der Waals surface area contributed by atoms with E-state index in [2.05, 4.69) is 45.7 Å². The number of anilines is 4. The Bertz CT molecular complexity index is 2900. The molecule has 0 spiro atoms. The van der Waals surface area contributed by atoms with E-state index in [1.54, 1.807) is 29.7 Å². The summed E-state index contributed by atoms with van der Waals surface area (Å²) in [7, 11) is 5.21. The third-order valence-electron chi connectivity index (χ3n) is 17.2. The maximum Gasteiger partial charge on any atom is 0.284 e. The Morgan fingerprint density at radius 2 is 1.71 bits per heavy atom. The van der Waals surface area contributed by atoms with Gasteiger partial charge < -0.3 is 51.3 Å². The Kier molecular flexibility index (Phi) is 13.1. The second-order valence-electron chi connectivity index (χ2n) is 21.6. The minimum Gasteiger partial charge on any atom is -0.392 e. The summed E-state index contributed by atoms with van der Waals surface area (Å²) in [4.78, 5) is 12.7. The van der Waals surface area contributed by atoms with Crippen molar-refractivity contribution in [3.8, 4) is 0 Å². The SMILES string of the molecule is C=CC(CCC(=C)NC)c1nn(C)c2c(F)c(C3CCN(CC4(O)C(C)(C)C(C)(O)N(c5ncc(Cl)c(Nc6cc7c(cc6F)N(C)C(=C)C6=C7NC(C7CC7)C(F)(F)CC6)n5)C(O)(O)C4(C)O)CC3)ccc12. The van der Waals surface area contributed by atoms with Crippen molar-refractivity contribution in [1.29, 1.82) is 0 Å². The number of alkyl halides is 2. The van der Waals surface area contributed by atoms with Gasteiger partial charge in [0.2, 0.25) is 5.95 Å². The van der Waals surface area contributed by atoms with Crippen molar-refractivity contribution < 1.29 is 43.1 Å². The zero-order chi connectivity index (χ0) is 53.1. The van der Waals surface area contributed by atoms with Gasteiger partial charge in [0.25, 0.3) is 11.8 Å². The van der Waals surface area contributed by atoms with Gasteiger partial charge in [-0.1, -0.05) is 56.8 Å². The number of likely N-dealkylation sites (tertiary alicyclic amines) is 1. The van der Waals surface area contributed by atoms with Gasteiger partial charge in [0.05, 0.1) is 29.3 Å². The van der Waals surface area contributed by atoms with Gasteiger partial charge in [-0.3, -0.25) is 9.58 Å². The van der Waals surface area contributed by atoms with Gasteiger partial charge in [0.1, 0.15) is 27.7 Å². The fourth-order valence-corrected chi connectivity index (χ4v) is 11.9. The van der Waals surface area contributed by atoms with E-state index in [4.69, 9.17) is 16.7 Å². The lowest BCUT2D eigenvalue weighted by Gasteiger charge is -2.68. The summed E-state index contributed by atoms with van der Waals surface area (Å²) in [6.07, 6.45) is 6.19. The summed E-state index contributed by atoms with van der Waals surface area (Å²) < 4.78 is 65.4. The standard InChI is InChI=1S/C53H67ClF4N10O5/c1-11-30(13-12-28(2)59-8)42-35-17-16-34(41(56)44(35)66(10)64-42)31-19-22-67(23-20-31)27-52(71)48(4,5)50(7,70)68(53(72,73)49(52,6)69)47-60-26-37(54)46(63-47)61-39-24-36-40(25-38(39)55)65(9)29(3)33-18-21-51(57,58)45(32-14-15-32)62-43(33)36/h11,16-17,24-26,30-32,45,59,62,69-73H,1-3,12-15,18-23,27H2,4-10H3,(H,60,61,63). The number of allylic oxidation sites excluding steroid dienone is 3. The predicted molar refractivity (Wildman–Crippen MR) is 274 cm³/mol. The highest BCUT2D eigenvalue weighted by Gasteiger charge is 2.78. The minimum atomic E-state index is -3.49. The van der Waals surface area contributed by atoms with Gasteiger partial charge in [-0.15, -0.1) is 6.58 Å². The summed E-state index contributed by atoms with van der Waals surface area (Å²) in [5.41, 5.74) is -4.96. The van der Waals surface area contributed by atoms with Crippen LogP contribution in [0.15, 0.2) is 73.2 Å². The molecular formula is C53H67ClF4N10O5. The largest absolute Gasteiger partial charge is 0.392 e. The normalized spacial score (nSPS) is 27.5. The third kappa shape index (κ3) is 8.28. The molecule has 4 aliphatic heterocycles. The minimum absolute atomic E-state index is 0.0374. The quantitative estimate of drug-likeness (QED) is 0.0367. The molecule has 15 nitrogen and oxygen atoms in total. The molecule has 20 heteroatoms.